The topological polar surface area (TPSA) is 34.8 Å². The molecule has 2 aromatic rings. The lowest BCUT2D eigenvalue weighted by molar-refractivity contribution is 0.0667. The molecule has 0 unspecified atom stereocenters. The number of halogens is 2. The van der Waals surface area contributed by atoms with E-state index in [1.807, 2.05) is 23.0 Å². The highest BCUT2D eigenvalue weighted by Gasteiger charge is 2.11. The molecule has 20 heavy (non-hydrogen) atoms. The molecular weight excluding hydrogens is 262 g/mol. The molecule has 0 aliphatic heterocycles. The van der Waals surface area contributed by atoms with Gasteiger partial charge in [-0.3, -0.25) is 4.57 Å². The van der Waals surface area contributed by atoms with E-state index < -0.39 is 6.55 Å². The highest BCUT2D eigenvalue weighted by molar-refractivity contribution is 5.11. The Balaban J connectivity index is 1.94. The SMILES string of the molecule is CC(C)CNCc1ccn(Cc2nccn2C(F)F)c1. The highest BCUT2D eigenvalue weighted by Crippen LogP contribution is 2.13. The van der Waals surface area contributed by atoms with Crippen molar-refractivity contribution in [3.63, 3.8) is 0 Å². The smallest absolute Gasteiger partial charge is 0.319 e. The van der Waals surface area contributed by atoms with Crippen molar-refractivity contribution in [1.82, 2.24) is 19.4 Å². The van der Waals surface area contributed by atoms with E-state index in [-0.39, 0.29) is 0 Å². The van der Waals surface area contributed by atoms with Crippen molar-refractivity contribution in [1.29, 1.82) is 0 Å². The van der Waals surface area contributed by atoms with Crippen LogP contribution in [0.3, 0.4) is 0 Å². The maximum atomic E-state index is 12.7. The summed E-state index contributed by atoms with van der Waals surface area (Å²) in [4.78, 5) is 3.97. The van der Waals surface area contributed by atoms with E-state index in [4.69, 9.17) is 0 Å². The number of nitrogens with zero attached hydrogens (tertiary/aromatic N) is 3. The van der Waals surface area contributed by atoms with Crippen LogP contribution in [-0.4, -0.2) is 20.7 Å². The first-order chi connectivity index (χ1) is 9.56. The lowest BCUT2D eigenvalue weighted by Crippen LogP contribution is -2.18. The Morgan fingerprint density at radius 2 is 2.10 bits per heavy atom. The molecular formula is C14H20F2N4. The van der Waals surface area contributed by atoms with Crippen LogP contribution in [0.1, 0.15) is 31.8 Å². The number of imidazole rings is 1. The molecule has 110 valence electrons. The van der Waals surface area contributed by atoms with Crippen molar-refractivity contribution in [2.45, 2.75) is 33.5 Å². The van der Waals surface area contributed by atoms with E-state index in [2.05, 4.69) is 24.1 Å². The second kappa shape index (κ2) is 6.65. The predicted octanol–water partition coefficient (Wildman–Crippen LogP) is 2.87. The number of alkyl halides is 2. The zero-order valence-corrected chi connectivity index (χ0v) is 11.8. The Morgan fingerprint density at radius 3 is 2.80 bits per heavy atom. The van der Waals surface area contributed by atoms with E-state index in [0.29, 0.717) is 18.3 Å². The zero-order chi connectivity index (χ0) is 14.5. The fourth-order valence-electron chi connectivity index (χ4n) is 2.01. The fraction of sp³-hybridized carbons (Fsp3) is 0.500. The predicted molar refractivity (Wildman–Crippen MR) is 73.6 cm³/mol. The Morgan fingerprint density at radius 1 is 1.30 bits per heavy atom. The van der Waals surface area contributed by atoms with Crippen molar-refractivity contribution < 1.29 is 8.78 Å². The van der Waals surface area contributed by atoms with E-state index in [9.17, 15) is 8.78 Å². The Kier molecular flexibility index (Phi) is 4.89. The average Bonchev–Trinajstić information content (AvgIpc) is 2.99. The molecule has 0 saturated carbocycles. The minimum atomic E-state index is -2.55. The molecule has 0 aromatic carbocycles. The van der Waals surface area contributed by atoms with E-state index >= 15 is 0 Å². The van der Waals surface area contributed by atoms with Gasteiger partial charge >= 0.3 is 6.55 Å². The Hall–Kier alpha value is -1.69. The number of nitrogens with one attached hydrogen (secondary N) is 1. The lowest BCUT2D eigenvalue weighted by atomic mass is 10.2. The third-order valence-corrected chi connectivity index (χ3v) is 2.98. The van der Waals surface area contributed by atoms with Gasteiger partial charge in [-0.15, -0.1) is 0 Å². The number of rotatable bonds is 7. The Labute approximate surface area is 117 Å². The molecule has 6 heteroatoms. The van der Waals surface area contributed by atoms with E-state index in [1.54, 1.807) is 0 Å². The molecule has 0 radical (unpaired) electrons. The summed E-state index contributed by atoms with van der Waals surface area (Å²) < 4.78 is 28.2. The van der Waals surface area contributed by atoms with Gasteiger partial charge in [0.05, 0.1) is 6.54 Å². The summed E-state index contributed by atoms with van der Waals surface area (Å²) in [5, 5.41) is 3.35. The van der Waals surface area contributed by atoms with Crippen LogP contribution < -0.4 is 5.32 Å². The van der Waals surface area contributed by atoms with Gasteiger partial charge < -0.3 is 9.88 Å². The van der Waals surface area contributed by atoms with Crippen molar-refractivity contribution in [3.05, 3.63) is 42.2 Å². The van der Waals surface area contributed by atoms with Gasteiger partial charge in [0.1, 0.15) is 5.82 Å². The van der Waals surface area contributed by atoms with Gasteiger partial charge in [-0.05, 0) is 24.1 Å². The average molecular weight is 282 g/mol. The highest BCUT2D eigenvalue weighted by atomic mass is 19.3. The molecule has 0 bridgehead atoms. The van der Waals surface area contributed by atoms with Gasteiger partial charge in [-0.25, -0.2) is 4.98 Å². The third kappa shape index (κ3) is 3.90. The first kappa shape index (κ1) is 14.7. The van der Waals surface area contributed by atoms with Crippen LogP contribution in [0, 0.1) is 5.92 Å². The van der Waals surface area contributed by atoms with Gasteiger partial charge in [0.25, 0.3) is 0 Å². The first-order valence-corrected chi connectivity index (χ1v) is 6.71. The summed E-state index contributed by atoms with van der Waals surface area (Å²) in [6, 6.07) is 1.99. The maximum Gasteiger partial charge on any atom is 0.319 e. The summed E-state index contributed by atoms with van der Waals surface area (Å²) in [6.07, 6.45) is 6.54. The van der Waals surface area contributed by atoms with E-state index in [1.165, 1.54) is 12.4 Å². The molecule has 4 nitrogen and oxygen atoms in total. The molecule has 0 atom stereocenters. The number of aromatic nitrogens is 3. The van der Waals surface area contributed by atoms with Crippen molar-refractivity contribution in [2.24, 2.45) is 5.92 Å². The van der Waals surface area contributed by atoms with Crippen LogP contribution in [0.15, 0.2) is 30.9 Å². The number of hydrogen-bond acceptors (Lipinski definition) is 2. The summed E-state index contributed by atoms with van der Waals surface area (Å²) in [6.45, 7) is 3.86. The molecule has 2 rings (SSSR count). The molecule has 0 fully saturated rings. The monoisotopic (exact) mass is 282 g/mol. The van der Waals surface area contributed by atoms with E-state index in [0.717, 1.165) is 23.2 Å². The lowest BCUT2D eigenvalue weighted by Gasteiger charge is -2.07. The standard InChI is InChI=1S/C14H20F2N4/c1-11(2)7-17-8-12-3-5-19(9-12)10-13-18-4-6-20(13)14(15)16/h3-6,9,11,14,17H,7-8,10H2,1-2H3. The summed E-state index contributed by atoms with van der Waals surface area (Å²) in [7, 11) is 0. The third-order valence-electron chi connectivity index (χ3n) is 2.98. The van der Waals surface area contributed by atoms with Gasteiger partial charge in [-0.1, -0.05) is 13.8 Å². The fourth-order valence-corrected chi connectivity index (χ4v) is 2.01. The molecule has 0 aliphatic carbocycles. The van der Waals surface area contributed by atoms with Crippen LogP contribution in [0.5, 0.6) is 0 Å². The Bertz CT molecular complexity index is 531. The van der Waals surface area contributed by atoms with Crippen molar-refractivity contribution in [2.75, 3.05) is 6.54 Å². The van der Waals surface area contributed by atoms with Crippen LogP contribution in [0.2, 0.25) is 0 Å². The van der Waals surface area contributed by atoms with Crippen LogP contribution in [-0.2, 0) is 13.1 Å². The second-order valence-electron chi connectivity index (χ2n) is 5.25. The normalized spacial score (nSPS) is 11.7. The zero-order valence-electron chi connectivity index (χ0n) is 11.8. The largest absolute Gasteiger partial charge is 0.346 e. The minimum absolute atomic E-state index is 0.349. The molecule has 0 aliphatic rings. The van der Waals surface area contributed by atoms with Gasteiger partial charge in [0.15, 0.2) is 0 Å². The quantitative estimate of drug-likeness (QED) is 0.847. The van der Waals surface area contributed by atoms with Gasteiger partial charge in [0.2, 0.25) is 0 Å². The molecule has 0 saturated heterocycles. The summed E-state index contributed by atoms with van der Waals surface area (Å²) in [5.74, 6) is 0.966. The first-order valence-electron chi connectivity index (χ1n) is 6.71. The minimum Gasteiger partial charge on any atom is -0.346 e. The van der Waals surface area contributed by atoms with Crippen molar-refractivity contribution in [3.8, 4) is 0 Å². The summed E-state index contributed by atoms with van der Waals surface area (Å²) >= 11 is 0. The van der Waals surface area contributed by atoms with Crippen molar-refractivity contribution >= 4 is 0 Å². The number of hydrogen-bond donors (Lipinski definition) is 1. The van der Waals surface area contributed by atoms with Crippen LogP contribution >= 0.6 is 0 Å². The second-order valence-corrected chi connectivity index (χ2v) is 5.25. The molecule has 2 aromatic heterocycles. The van der Waals surface area contributed by atoms with Crippen LogP contribution in [0.25, 0.3) is 0 Å². The molecule has 0 amide bonds. The maximum absolute atomic E-state index is 12.7. The van der Waals surface area contributed by atoms with Crippen LogP contribution in [0.4, 0.5) is 8.78 Å². The molecule has 1 N–H and O–H groups in total. The van der Waals surface area contributed by atoms with Gasteiger partial charge in [-0.2, -0.15) is 8.78 Å². The summed E-state index contributed by atoms with van der Waals surface area (Å²) in [5.41, 5.74) is 1.14. The van der Waals surface area contributed by atoms with Gasteiger partial charge in [0, 0.05) is 31.3 Å². The molecule has 2 heterocycles. The molecule has 0 spiro atoms.